The molecule has 0 saturated heterocycles. The average Bonchev–Trinajstić information content (AvgIpc) is 2.44. The van der Waals surface area contributed by atoms with Crippen LogP contribution in [0.4, 0.5) is 0 Å². The number of hydrogen-bond donors (Lipinski definition) is 2. The Bertz CT molecular complexity index is 653. The number of esters is 1. The molecule has 0 aliphatic heterocycles. The molecule has 1 aromatic carbocycles. The van der Waals surface area contributed by atoms with Gasteiger partial charge in [0.25, 0.3) is 0 Å². The molecule has 1 atom stereocenters. The largest absolute Gasteiger partial charge is 0.480 e. The fourth-order valence-electron chi connectivity index (χ4n) is 1.78. The molecule has 122 valence electrons. The number of carbonyl (C=O) groups is 2. The Morgan fingerprint density at radius 3 is 2.36 bits per heavy atom. The summed E-state index contributed by atoms with van der Waals surface area (Å²) in [5.74, 6) is -2.52. The van der Waals surface area contributed by atoms with E-state index >= 15 is 0 Å². The Kier molecular flexibility index (Phi) is 6.07. The van der Waals surface area contributed by atoms with Crippen LogP contribution in [0.2, 0.25) is 0 Å². The van der Waals surface area contributed by atoms with Crippen LogP contribution in [0.1, 0.15) is 31.1 Å². The molecule has 0 saturated carbocycles. The highest BCUT2D eigenvalue weighted by Gasteiger charge is 2.30. The van der Waals surface area contributed by atoms with E-state index in [9.17, 15) is 18.0 Å². The first kappa shape index (κ1) is 18.1. The molecule has 0 bridgehead atoms. The number of aliphatic carboxylic acids is 1. The smallest absolute Gasteiger partial charge is 0.339 e. The fourth-order valence-corrected chi connectivity index (χ4v) is 3.31. The molecular weight excluding hydrogens is 310 g/mol. The SMILES string of the molecule is CCOC(=O)c1ccccc1S(=O)(=O)N[C@@H](C(=O)O)C(C)C. The lowest BCUT2D eigenvalue weighted by Gasteiger charge is -2.19. The first-order valence-electron chi connectivity index (χ1n) is 6.72. The summed E-state index contributed by atoms with van der Waals surface area (Å²) in [6, 6.07) is 4.20. The molecule has 0 amide bonds. The van der Waals surface area contributed by atoms with Gasteiger partial charge in [0, 0.05) is 0 Å². The van der Waals surface area contributed by atoms with Gasteiger partial charge in [-0.25, -0.2) is 13.2 Å². The summed E-state index contributed by atoms with van der Waals surface area (Å²) < 4.78 is 31.7. The van der Waals surface area contributed by atoms with Crippen LogP contribution in [0.3, 0.4) is 0 Å². The fraction of sp³-hybridized carbons (Fsp3) is 0.429. The molecule has 1 aromatic rings. The lowest BCUT2D eigenvalue weighted by Crippen LogP contribution is -2.44. The van der Waals surface area contributed by atoms with Gasteiger partial charge < -0.3 is 9.84 Å². The van der Waals surface area contributed by atoms with E-state index in [-0.39, 0.29) is 17.1 Å². The van der Waals surface area contributed by atoms with Crippen molar-refractivity contribution >= 4 is 22.0 Å². The van der Waals surface area contributed by atoms with Crippen molar-refractivity contribution in [1.82, 2.24) is 4.72 Å². The Balaban J connectivity index is 3.23. The molecule has 0 fully saturated rings. The van der Waals surface area contributed by atoms with E-state index in [1.165, 1.54) is 24.3 Å². The van der Waals surface area contributed by atoms with Crippen LogP contribution in [0, 0.1) is 5.92 Å². The Hall–Kier alpha value is -1.93. The first-order chi connectivity index (χ1) is 10.2. The third-order valence-electron chi connectivity index (χ3n) is 2.89. The number of benzene rings is 1. The highest BCUT2D eigenvalue weighted by Crippen LogP contribution is 2.18. The van der Waals surface area contributed by atoms with Gasteiger partial charge in [0.05, 0.1) is 17.1 Å². The van der Waals surface area contributed by atoms with Crippen molar-refractivity contribution < 1.29 is 27.9 Å². The third kappa shape index (κ3) is 4.28. The van der Waals surface area contributed by atoms with Crippen molar-refractivity contribution in [1.29, 1.82) is 0 Å². The predicted octanol–water partition coefficient (Wildman–Crippen LogP) is 1.25. The molecule has 0 aromatic heterocycles. The number of carbonyl (C=O) groups excluding carboxylic acids is 1. The maximum absolute atomic E-state index is 12.4. The van der Waals surface area contributed by atoms with Gasteiger partial charge in [-0.1, -0.05) is 26.0 Å². The molecule has 2 N–H and O–H groups in total. The molecule has 0 heterocycles. The van der Waals surface area contributed by atoms with Gasteiger partial charge in [0.2, 0.25) is 10.0 Å². The van der Waals surface area contributed by atoms with Crippen LogP contribution in [0.5, 0.6) is 0 Å². The molecule has 0 unspecified atom stereocenters. The predicted molar refractivity (Wildman–Crippen MR) is 79.0 cm³/mol. The maximum Gasteiger partial charge on any atom is 0.339 e. The summed E-state index contributed by atoms with van der Waals surface area (Å²) in [5, 5.41) is 9.10. The lowest BCUT2D eigenvalue weighted by molar-refractivity contribution is -0.140. The lowest BCUT2D eigenvalue weighted by atomic mass is 10.1. The molecule has 0 aliphatic rings. The van der Waals surface area contributed by atoms with E-state index in [1.807, 2.05) is 0 Å². The normalized spacial score (nSPS) is 12.9. The van der Waals surface area contributed by atoms with Crippen molar-refractivity contribution in [2.24, 2.45) is 5.92 Å². The molecular formula is C14H19NO6S. The van der Waals surface area contributed by atoms with Crippen molar-refractivity contribution in [2.75, 3.05) is 6.61 Å². The highest BCUT2D eigenvalue weighted by molar-refractivity contribution is 7.89. The minimum absolute atomic E-state index is 0.102. The van der Waals surface area contributed by atoms with Crippen molar-refractivity contribution in [2.45, 2.75) is 31.7 Å². The molecule has 8 heteroatoms. The van der Waals surface area contributed by atoms with Crippen LogP contribution in [0.15, 0.2) is 29.2 Å². The topological polar surface area (TPSA) is 110 Å². The number of hydrogen-bond acceptors (Lipinski definition) is 5. The van der Waals surface area contributed by atoms with Crippen molar-refractivity contribution in [3.8, 4) is 0 Å². The van der Waals surface area contributed by atoms with Crippen molar-refractivity contribution in [3.63, 3.8) is 0 Å². The van der Waals surface area contributed by atoms with Gasteiger partial charge in [0.1, 0.15) is 6.04 Å². The molecule has 0 aliphatic carbocycles. The van der Waals surface area contributed by atoms with E-state index in [0.29, 0.717) is 0 Å². The number of ether oxygens (including phenoxy) is 1. The van der Waals surface area contributed by atoms with E-state index in [2.05, 4.69) is 4.72 Å². The standard InChI is InChI=1S/C14H19NO6S/c1-4-21-14(18)10-7-5-6-8-11(10)22(19,20)15-12(9(2)3)13(16)17/h5-9,12,15H,4H2,1-3H3,(H,16,17)/t12-/m1/s1. The van der Waals surface area contributed by atoms with E-state index < -0.39 is 33.9 Å². The second kappa shape index (κ2) is 7.37. The van der Waals surface area contributed by atoms with E-state index in [1.54, 1.807) is 20.8 Å². The number of carboxylic acids is 1. The summed E-state index contributed by atoms with van der Waals surface area (Å²) in [7, 11) is -4.18. The van der Waals surface area contributed by atoms with Crippen LogP contribution in [0.25, 0.3) is 0 Å². The second-order valence-electron chi connectivity index (χ2n) is 4.90. The van der Waals surface area contributed by atoms with Crippen molar-refractivity contribution in [3.05, 3.63) is 29.8 Å². The van der Waals surface area contributed by atoms with Crippen LogP contribution in [-0.2, 0) is 19.6 Å². The van der Waals surface area contributed by atoms with E-state index in [0.717, 1.165) is 0 Å². The highest BCUT2D eigenvalue weighted by atomic mass is 32.2. The zero-order valence-electron chi connectivity index (χ0n) is 12.6. The number of rotatable bonds is 7. The van der Waals surface area contributed by atoms with Gasteiger partial charge >= 0.3 is 11.9 Å². The maximum atomic E-state index is 12.4. The van der Waals surface area contributed by atoms with Crippen LogP contribution in [-0.4, -0.2) is 38.1 Å². The van der Waals surface area contributed by atoms with E-state index in [4.69, 9.17) is 9.84 Å². The Morgan fingerprint density at radius 2 is 1.86 bits per heavy atom. The summed E-state index contributed by atoms with van der Waals surface area (Å²) in [6.07, 6.45) is 0. The molecule has 22 heavy (non-hydrogen) atoms. The molecule has 7 nitrogen and oxygen atoms in total. The van der Waals surface area contributed by atoms with Crippen LogP contribution < -0.4 is 4.72 Å². The quantitative estimate of drug-likeness (QED) is 0.729. The minimum atomic E-state index is -4.18. The molecule has 0 spiro atoms. The first-order valence-corrected chi connectivity index (χ1v) is 8.20. The van der Waals surface area contributed by atoms with Gasteiger partial charge in [-0.2, -0.15) is 4.72 Å². The summed E-state index contributed by atoms with van der Waals surface area (Å²) in [4.78, 5) is 22.7. The summed E-state index contributed by atoms with van der Waals surface area (Å²) in [5.41, 5.74) is -0.134. The zero-order chi connectivity index (χ0) is 16.9. The average molecular weight is 329 g/mol. The number of nitrogens with one attached hydrogen (secondary N) is 1. The Labute approximate surface area is 129 Å². The monoisotopic (exact) mass is 329 g/mol. The van der Waals surface area contributed by atoms with Gasteiger partial charge in [0.15, 0.2) is 0 Å². The molecule has 0 radical (unpaired) electrons. The minimum Gasteiger partial charge on any atom is -0.480 e. The van der Waals surface area contributed by atoms with Gasteiger partial charge in [-0.3, -0.25) is 4.79 Å². The van der Waals surface area contributed by atoms with Gasteiger partial charge in [-0.15, -0.1) is 0 Å². The zero-order valence-corrected chi connectivity index (χ0v) is 13.4. The van der Waals surface area contributed by atoms with Crippen LogP contribution >= 0.6 is 0 Å². The Morgan fingerprint density at radius 1 is 1.27 bits per heavy atom. The summed E-state index contributed by atoms with van der Waals surface area (Å²) >= 11 is 0. The van der Waals surface area contributed by atoms with Gasteiger partial charge in [-0.05, 0) is 25.0 Å². The number of sulfonamides is 1. The number of carboxylic acid groups (broad SMARTS) is 1. The third-order valence-corrected chi connectivity index (χ3v) is 4.39. The second-order valence-corrected chi connectivity index (χ2v) is 6.58. The summed E-state index contributed by atoms with van der Waals surface area (Å²) in [6.45, 7) is 4.87. The molecule has 1 rings (SSSR count).